The van der Waals surface area contributed by atoms with Crippen molar-refractivity contribution in [2.75, 3.05) is 11.9 Å². The van der Waals surface area contributed by atoms with Crippen LogP contribution >= 0.6 is 39.9 Å². The second-order valence-electron chi connectivity index (χ2n) is 6.05. The number of likely N-dealkylation sites (N-methyl/N-ethyl adjacent to an activating group) is 1. The quantitative estimate of drug-likeness (QED) is 0.534. The Labute approximate surface area is 178 Å². The fraction of sp³-hybridized carbons (Fsp3) is 0.0526. The molecule has 0 aromatic heterocycles. The normalized spacial score (nSPS) is 18.7. The van der Waals surface area contributed by atoms with Gasteiger partial charge in [0, 0.05) is 22.6 Å². The summed E-state index contributed by atoms with van der Waals surface area (Å²) >= 11 is 9.68. The number of anilines is 1. The topological polar surface area (TPSA) is 69.7 Å². The van der Waals surface area contributed by atoms with Gasteiger partial charge in [-0.2, -0.15) is 5.01 Å². The molecule has 0 unspecified atom stereocenters. The van der Waals surface area contributed by atoms with Crippen LogP contribution < -0.4 is 10.3 Å². The smallest absolute Gasteiger partial charge is 0.286 e. The maximum atomic E-state index is 13.0. The van der Waals surface area contributed by atoms with Gasteiger partial charge in [0.05, 0.1) is 16.2 Å². The third kappa shape index (κ3) is 3.05. The number of halogens is 1. The van der Waals surface area contributed by atoms with Gasteiger partial charge in [-0.25, -0.2) is 0 Å². The lowest BCUT2D eigenvalue weighted by molar-refractivity contribution is -0.124. The summed E-state index contributed by atoms with van der Waals surface area (Å²) in [6.45, 7) is 0. The van der Waals surface area contributed by atoms with Crippen molar-refractivity contribution in [3.8, 4) is 0 Å². The maximum absolute atomic E-state index is 13.0. The first-order valence-corrected chi connectivity index (χ1v) is 10.1. The first-order chi connectivity index (χ1) is 13.4. The van der Waals surface area contributed by atoms with Crippen LogP contribution in [0.2, 0.25) is 0 Å². The minimum absolute atomic E-state index is 0.163. The highest BCUT2D eigenvalue weighted by atomic mass is 79.9. The lowest BCUT2D eigenvalue weighted by atomic mass is 10.1. The maximum Gasteiger partial charge on any atom is 0.286 e. The van der Waals surface area contributed by atoms with Gasteiger partial charge in [0.2, 0.25) is 0 Å². The van der Waals surface area contributed by atoms with E-state index in [0.717, 1.165) is 21.2 Å². The zero-order valence-electron chi connectivity index (χ0n) is 14.4. The molecular formula is C19H12BrN3O3S2. The average molecular weight is 474 g/mol. The Hall–Kier alpha value is -2.49. The summed E-state index contributed by atoms with van der Waals surface area (Å²) in [5, 5.41) is 1.01. The fourth-order valence-corrected chi connectivity index (χ4v) is 4.60. The van der Waals surface area contributed by atoms with Gasteiger partial charge in [-0.3, -0.25) is 19.8 Å². The van der Waals surface area contributed by atoms with E-state index in [1.54, 1.807) is 43.4 Å². The number of thiocarbonyl (C=S) groups is 1. The van der Waals surface area contributed by atoms with Gasteiger partial charge in [-0.05, 0) is 42.5 Å². The van der Waals surface area contributed by atoms with E-state index in [0.29, 0.717) is 16.8 Å². The minimum atomic E-state index is -0.524. The van der Waals surface area contributed by atoms with Crippen molar-refractivity contribution >= 4 is 73.2 Å². The van der Waals surface area contributed by atoms with Crippen molar-refractivity contribution in [3.63, 3.8) is 0 Å². The molecule has 1 fully saturated rings. The molecule has 0 aliphatic carbocycles. The molecule has 3 amide bonds. The number of hydrogen-bond acceptors (Lipinski definition) is 5. The summed E-state index contributed by atoms with van der Waals surface area (Å²) in [6.07, 6.45) is 0. The Morgan fingerprint density at radius 2 is 1.82 bits per heavy atom. The third-order valence-electron chi connectivity index (χ3n) is 4.35. The van der Waals surface area contributed by atoms with Crippen molar-refractivity contribution in [2.45, 2.75) is 0 Å². The van der Waals surface area contributed by atoms with Crippen LogP contribution in [0.1, 0.15) is 15.9 Å². The summed E-state index contributed by atoms with van der Waals surface area (Å²) in [5.74, 6) is -1.27. The van der Waals surface area contributed by atoms with E-state index in [1.165, 1.54) is 4.90 Å². The molecule has 1 N–H and O–H groups in total. The van der Waals surface area contributed by atoms with Crippen molar-refractivity contribution in [3.05, 3.63) is 69.0 Å². The number of benzene rings is 2. The van der Waals surface area contributed by atoms with Crippen molar-refractivity contribution in [2.24, 2.45) is 0 Å². The molecule has 0 radical (unpaired) electrons. The van der Waals surface area contributed by atoms with E-state index in [4.69, 9.17) is 12.2 Å². The molecule has 0 saturated carbocycles. The molecule has 28 heavy (non-hydrogen) atoms. The van der Waals surface area contributed by atoms with Crippen LogP contribution in [0, 0.1) is 0 Å². The van der Waals surface area contributed by atoms with Gasteiger partial charge in [0.1, 0.15) is 0 Å². The number of hydrogen-bond donors (Lipinski definition) is 1. The molecule has 1 saturated heterocycles. The van der Waals surface area contributed by atoms with E-state index < -0.39 is 11.8 Å². The van der Waals surface area contributed by atoms with Crippen LogP contribution in [0.4, 0.5) is 5.69 Å². The standard InChI is InChI=1S/C19H12BrN3O3S2/c1-22-13-8-7-11(20)9-12(13)14(17(22)25)15-18(26)23(19(27)28-15)21-16(24)10-5-3-2-4-6-10/h2-9H,1H3,(H,21,24)/b15-14-. The molecule has 140 valence electrons. The SMILES string of the molecule is CN1C(=O)/C(=C2\SC(=S)N(NC(=O)c3ccccc3)C2=O)c2cc(Br)ccc21. The van der Waals surface area contributed by atoms with Crippen LogP contribution in [-0.4, -0.2) is 34.1 Å². The van der Waals surface area contributed by atoms with Crippen LogP contribution in [-0.2, 0) is 9.59 Å². The lowest BCUT2D eigenvalue weighted by Crippen LogP contribution is -2.45. The molecule has 2 aromatic rings. The second kappa shape index (κ2) is 7.16. The van der Waals surface area contributed by atoms with Gasteiger partial charge >= 0.3 is 0 Å². The molecule has 4 rings (SSSR count). The Morgan fingerprint density at radius 1 is 1.11 bits per heavy atom. The molecule has 2 aliphatic rings. The highest BCUT2D eigenvalue weighted by molar-refractivity contribution is 9.10. The van der Waals surface area contributed by atoms with E-state index >= 15 is 0 Å². The van der Waals surface area contributed by atoms with Gasteiger partial charge in [-0.1, -0.05) is 45.9 Å². The van der Waals surface area contributed by atoms with Gasteiger partial charge in [0.25, 0.3) is 17.7 Å². The van der Waals surface area contributed by atoms with Gasteiger partial charge < -0.3 is 4.90 Å². The van der Waals surface area contributed by atoms with Crippen LogP contribution in [0.3, 0.4) is 0 Å². The molecule has 2 aromatic carbocycles. The van der Waals surface area contributed by atoms with Gasteiger partial charge in [-0.15, -0.1) is 0 Å². The number of nitrogens with zero attached hydrogens (tertiary/aromatic N) is 2. The first-order valence-electron chi connectivity index (χ1n) is 8.13. The number of rotatable bonds is 2. The predicted octanol–water partition coefficient (Wildman–Crippen LogP) is 3.34. The molecule has 0 spiro atoms. The largest absolute Gasteiger partial charge is 0.311 e. The van der Waals surface area contributed by atoms with E-state index in [9.17, 15) is 14.4 Å². The summed E-state index contributed by atoms with van der Waals surface area (Å²) < 4.78 is 0.954. The second-order valence-corrected chi connectivity index (χ2v) is 8.61. The number of thioether (sulfide) groups is 1. The number of carbonyl (C=O) groups is 3. The molecular weight excluding hydrogens is 462 g/mol. The summed E-state index contributed by atoms with van der Waals surface area (Å²) in [5.41, 5.74) is 4.57. The summed E-state index contributed by atoms with van der Waals surface area (Å²) in [4.78, 5) is 39.9. The van der Waals surface area contributed by atoms with Crippen molar-refractivity contribution in [1.82, 2.24) is 10.4 Å². The van der Waals surface area contributed by atoms with E-state index in [-0.39, 0.29) is 20.7 Å². The fourth-order valence-electron chi connectivity index (χ4n) is 2.98. The van der Waals surface area contributed by atoms with Crippen molar-refractivity contribution in [1.29, 1.82) is 0 Å². The van der Waals surface area contributed by atoms with Crippen LogP contribution in [0.15, 0.2) is 57.9 Å². The highest BCUT2D eigenvalue weighted by Gasteiger charge is 2.42. The lowest BCUT2D eigenvalue weighted by Gasteiger charge is -2.15. The Bertz CT molecular complexity index is 1090. The Kier molecular flexibility index (Phi) is 4.82. The molecule has 0 atom stereocenters. The zero-order valence-corrected chi connectivity index (χ0v) is 17.7. The third-order valence-corrected chi connectivity index (χ3v) is 6.22. The number of amides is 3. The molecule has 6 nitrogen and oxygen atoms in total. The monoisotopic (exact) mass is 473 g/mol. The van der Waals surface area contributed by atoms with E-state index in [1.807, 2.05) is 12.1 Å². The molecule has 2 heterocycles. The van der Waals surface area contributed by atoms with Crippen LogP contribution in [0.5, 0.6) is 0 Å². The highest BCUT2D eigenvalue weighted by Crippen LogP contribution is 2.44. The predicted molar refractivity (Wildman–Crippen MR) is 115 cm³/mol. The zero-order chi connectivity index (χ0) is 20.0. The molecule has 0 bridgehead atoms. The van der Waals surface area contributed by atoms with Crippen LogP contribution in [0.25, 0.3) is 5.57 Å². The number of fused-ring (bicyclic) bond motifs is 1. The average Bonchev–Trinajstić information content (AvgIpc) is 3.09. The minimum Gasteiger partial charge on any atom is -0.311 e. The van der Waals surface area contributed by atoms with Crippen molar-refractivity contribution < 1.29 is 14.4 Å². The molecule has 9 heteroatoms. The number of carbonyl (C=O) groups excluding carboxylic acids is 3. The van der Waals surface area contributed by atoms with Gasteiger partial charge in [0.15, 0.2) is 4.32 Å². The number of nitrogens with one attached hydrogen (secondary N) is 1. The van der Waals surface area contributed by atoms with E-state index in [2.05, 4.69) is 21.4 Å². The Morgan fingerprint density at radius 3 is 2.54 bits per heavy atom. The molecule has 2 aliphatic heterocycles. The summed E-state index contributed by atoms with van der Waals surface area (Å²) in [6, 6.07) is 13.9. The Balaban J connectivity index is 1.71. The summed E-state index contributed by atoms with van der Waals surface area (Å²) in [7, 11) is 1.65. The number of hydrazine groups is 1. The first kappa shape index (κ1) is 18.9.